The second kappa shape index (κ2) is 5.30. The van der Waals surface area contributed by atoms with Crippen molar-refractivity contribution >= 4 is 11.7 Å². The van der Waals surface area contributed by atoms with Gasteiger partial charge in [0.2, 0.25) is 5.91 Å². The molecular weight excluding hydrogens is 298 g/mol. The Morgan fingerprint density at radius 1 is 1.00 bits per heavy atom. The van der Waals surface area contributed by atoms with Gasteiger partial charge in [-0.05, 0) is 60.9 Å². The molecule has 0 radical (unpaired) electrons. The number of hydrogen-bond acceptors (Lipinski definition) is 2. The summed E-state index contributed by atoms with van der Waals surface area (Å²) in [5, 5.41) is 2.97. The summed E-state index contributed by atoms with van der Waals surface area (Å²) in [5.41, 5.74) is 4.70. The Hall–Kier alpha value is -2.42. The molecule has 1 spiro atoms. The standard InChI is InChI=1S/C21H21NO2/c1-13-12-17(14(2)11-16(13)15-7-4-3-5-8-15)18-19(23)21(9-6-10-21)22-20(18)24/h3-5,7-8,11-12,18H,6,9-10H2,1-2H3,(H,22,24). The van der Waals surface area contributed by atoms with E-state index in [4.69, 9.17) is 0 Å². The van der Waals surface area contributed by atoms with E-state index in [0.29, 0.717) is 0 Å². The first-order valence-electron chi connectivity index (χ1n) is 8.55. The minimum absolute atomic E-state index is 0.0636. The van der Waals surface area contributed by atoms with Crippen LogP contribution in [0.3, 0.4) is 0 Å². The molecule has 0 aromatic heterocycles. The molecule has 2 aliphatic rings. The van der Waals surface area contributed by atoms with Crippen LogP contribution < -0.4 is 5.32 Å². The van der Waals surface area contributed by atoms with Crippen LogP contribution in [0.15, 0.2) is 42.5 Å². The van der Waals surface area contributed by atoms with E-state index in [1.165, 1.54) is 0 Å². The number of carbonyl (C=O) groups is 2. The van der Waals surface area contributed by atoms with Gasteiger partial charge in [-0.1, -0.05) is 42.5 Å². The van der Waals surface area contributed by atoms with Crippen LogP contribution in [-0.4, -0.2) is 17.2 Å². The summed E-state index contributed by atoms with van der Waals surface area (Å²) in [7, 11) is 0. The highest BCUT2D eigenvalue weighted by atomic mass is 16.2. The Labute approximate surface area is 142 Å². The minimum Gasteiger partial charge on any atom is -0.343 e. The lowest BCUT2D eigenvalue weighted by Crippen LogP contribution is -2.52. The van der Waals surface area contributed by atoms with E-state index >= 15 is 0 Å². The largest absolute Gasteiger partial charge is 0.343 e. The van der Waals surface area contributed by atoms with E-state index in [-0.39, 0.29) is 11.7 Å². The molecule has 1 N–H and O–H groups in total. The first kappa shape index (κ1) is 15.1. The van der Waals surface area contributed by atoms with Gasteiger partial charge in [-0.2, -0.15) is 0 Å². The van der Waals surface area contributed by atoms with Crippen molar-refractivity contribution < 1.29 is 9.59 Å². The zero-order valence-corrected chi connectivity index (χ0v) is 14.1. The zero-order valence-electron chi connectivity index (χ0n) is 14.1. The number of amides is 1. The molecule has 3 heteroatoms. The third-order valence-electron chi connectivity index (χ3n) is 5.57. The van der Waals surface area contributed by atoms with Gasteiger partial charge in [0.15, 0.2) is 5.78 Å². The number of nitrogens with one attached hydrogen (secondary N) is 1. The number of aryl methyl sites for hydroxylation is 2. The molecule has 1 saturated heterocycles. The molecule has 4 rings (SSSR count). The topological polar surface area (TPSA) is 46.2 Å². The highest BCUT2D eigenvalue weighted by molar-refractivity contribution is 6.17. The van der Waals surface area contributed by atoms with E-state index in [1.54, 1.807) is 0 Å². The molecule has 2 aromatic rings. The van der Waals surface area contributed by atoms with Crippen LogP contribution in [-0.2, 0) is 9.59 Å². The van der Waals surface area contributed by atoms with Gasteiger partial charge >= 0.3 is 0 Å². The van der Waals surface area contributed by atoms with Gasteiger partial charge in [0.05, 0.1) is 5.54 Å². The van der Waals surface area contributed by atoms with Gasteiger partial charge in [-0.3, -0.25) is 9.59 Å². The van der Waals surface area contributed by atoms with Gasteiger partial charge in [0, 0.05) is 0 Å². The molecule has 24 heavy (non-hydrogen) atoms. The molecule has 1 saturated carbocycles. The third-order valence-corrected chi connectivity index (χ3v) is 5.57. The summed E-state index contributed by atoms with van der Waals surface area (Å²) < 4.78 is 0. The number of rotatable bonds is 2. The maximum absolute atomic E-state index is 12.9. The van der Waals surface area contributed by atoms with Crippen molar-refractivity contribution in [3.8, 4) is 11.1 Å². The van der Waals surface area contributed by atoms with Crippen LogP contribution in [0.2, 0.25) is 0 Å². The van der Waals surface area contributed by atoms with Gasteiger partial charge in [-0.15, -0.1) is 0 Å². The Bertz CT molecular complexity index is 834. The first-order chi connectivity index (χ1) is 11.5. The summed E-state index contributed by atoms with van der Waals surface area (Å²) in [5.74, 6) is -0.711. The van der Waals surface area contributed by atoms with Crippen molar-refractivity contribution in [2.24, 2.45) is 0 Å². The van der Waals surface area contributed by atoms with Crippen LogP contribution in [0.25, 0.3) is 11.1 Å². The smallest absolute Gasteiger partial charge is 0.235 e. The fraction of sp³-hybridized carbons (Fsp3) is 0.333. The average molecular weight is 319 g/mol. The molecule has 1 amide bonds. The number of carbonyl (C=O) groups excluding carboxylic acids is 2. The molecule has 3 nitrogen and oxygen atoms in total. The molecule has 122 valence electrons. The van der Waals surface area contributed by atoms with E-state index in [9.17, 15) is 9.59 Å². The van der Waals surface area contributed by atoms with Crippen LogP contribution in [0, 0.1) is 13.8 Å². The minimum atomic E-state index is -0.645. The van der Waals surface area contributed by atoms with E-state index in [2.05, 4.69) is 23.5 Å². The molecule has 1 unspecified atom stereocenters. The van der Waals surface area contributed by atoms with Crippen LogP contribution in [0.5, 0.6) is 0 Å². The van der Waals surface area contributed by atoms with Crippen LogP contribution >= 0.6 is 0 Å². The summed E-state index contributed by atoms with van der Waals surface area (Å²) >= 11 is 0. The lowest BCUT2D eigenvalue weighted by atomic mass is 9.72. The summed E-state index contributed by atoms with van der Waals surface area (Å²) in [6, 6.07) is 14.3. The predicted octanol–water partition coefficient (Wildman–Crippen LogP) is 3.68. The molecule has 1 aliphatic heterocycles. The Morgan fingerprint density at radius 3 is 2.29 bits per heavy atom. The summed E-state index contributed by atoms with van der Waals surface area (Å²) in [6.07, 6.45) is 2.59. The van der Waals surface area contributed by atoms with Crippen molar-refractivity contribution in [2.45, 2.75) is 44.6 Å². The Kier molecular flexibility index (Phi) is 3.34. The van der Waals surface area contributed by atoms with Crippen LogP contribution in [0.1, 0.15) is 41.9 Å². The monoisotopic (exact) mass is 319 g/mol. The Morgan fingerprint density at radius 2 is 1.71 bits per heavy atom. The molecule has 1 atom stereocenters. The normalized spacial score (nSPS) is 21.7. The summed E-state index contributed by atoms with van der Waals surface area (Å²) in [6.45, 7) is 4.04. The third kappa shape index (κ3) is 2.11. The van der Waals surface area contributed by atoms with Crippen molar-refractivity contribution in [3.63, 3.8) is 0 Å². The van der Waals surface area contributed by atoms with Gasteiger partial charge in [0.1, 0.15) is 5.92 Å². The number of ketones is 1. The second-order valence-electron chi connectivity index (χ2n) is 7.11. The quantitative estimate of drug-likeness (QED) is 0.858. The highest BCUT2D eigenvalue weighted by Gasteiger charge is 2.56. The van der Waals surface area contributed by atoms with E-state index in [0.717, 1.165) is 47.1 Å². The Balaban J connectivity index is 1.76. The number of Topliss-reactive ketones (excluding diaryl/α,β-unsaturated/α-hetero) is 1. The lowest BCUT2D eigenvalue weighted by molar-refractivity contribution is -0.126. The van der Waals surface area contributed by atoms with Crippen molar-refractivity contribution in [3.05, 3.63) is 59.2 Å². The maximum Gasteiger partial charge on any atom is 0.235 e. The van der Waals surface area contributed by atoms with Crippen molar-refractivity contribution in [1.82, 2.24) is 5.32 Å². The first-order valence-corrected chi connectivity index (χ1v) is 8.55. The fourth-order valence-electron chi connectivity index (χ4n) is 4.03. The van der Waals surface area contributed by atoms with Gasteiger partial charge in [0.25, 0.3) is 0 Å². The van der Waals surface area contributed by atoms with Crippen LogP contribution in [0.4, 0.5) is 0 Å². The summed E-state index contributed by atoms with van der Waals surface area (Å²) in [4.78, 5) is 25.3. The van der Waals surface area contributed by atoms with Gasteiger partial charge < -0.3 is 5.32 Å². The van der Waals surface area contributed by atoms with E-state index in [1.807, 2.05) is 38.1 Å². The zero-order chi connectivity index (χ0) is 16.9. The molecule has 1 aliphatic carbocycles. The lowest BCUT2D eigenvalue weighted by Gasteiger charge is -2.36. The SMILES string of the molecule is Cc1cc(C2C(=O)NC3(CCC3)C2=O)c(C)cc1-c1ccccc1. The number of benzene rings is 2. The molecule has 2 aromatic carbocycles. The molecule has 1 heterocycles. The number of hydrogen-bond donors (Lipinski definition) is 1. The highest BCUT2D eigenvalue weighted by Crippen LogP contribution is 2.43. The fourth-order valence-corrected chi connectivity index (χ4v) is 4.03. The van der Waals surface area contributed by atoms with E-state index < -0.39 is 11.5 Å². The average Bonchev–Trinajstić information content (AvgIpc) is 2.81. The molecular formula is C21H21NO2. The van der Waals surface area contributed by atoms with Gasteiger partial charge in [-0.25, -0.2) is 0 Å². The predicted molar refractivity (Wildman–Crippen MR) is 93.8 cm³/mol. The second-order valence-corrected chi connectivity index (χ2v) is 7.11. The van der Waals surface area contributed by atoms with Crippen molar-refractivity contribution in [2.75, 3.05) is 0 Å². The van der Waals surface area contributed by atoms with Crippen molar-refractivity contribution in [1.29, 1.82) is 0 Å². The maximum atomic E-state index is 12.9. The molecule has 2 fully saturated rings. The molecule has 0 bridgehead atoms.